The van der Waals surface area contributed by atoms with Crippen molar-refractivity contribution < 1.29 is 9.47 Å². The Morgan fingerprint density at radius 3 is 2.93 bits per heavy atom. The Hall–Kier alpha value is -2.51. The Kier molecular flexibility index (Phi) is 5.28. The van der Waals surface area contributed by atoms with Gasteiger partial charge >= 0.3 is 0 Å². The molecule has 0 radical (unpaired) electrons. The number of allylic oxidation sites excluding steroid dienone is 1. The van der Waals surface area contributed by atoms with Crippen molar-refractivity contribution in [3.8, 4) is 11.5 Å². The van der Waals surface area contributed by atoms with Gasteiger partial charge in [0.15, 0.2) is 11.5 Å². The fourth-order valence-electron chi connectivity index (χ4n) is 3.46. The average Bonchev–Trinajstić information content (AvgIpc) is 3.02. The smallest absolute Gasteiger partial charge is 0.231 e. The number of anilines is 3. The summed E-state index contributed by atoms with van der Waals surface area (Å²) in [6, 6.07) is 4.18. The van der Waals surface area contributed by atoms with Crippen LogP contribution in [0.25, 0.3) is 5.57 Å². The molecular formula is C20H24ClN5O2. The molecule has 28 heavy (non-hydrogen) atoms. The minimum Gasteiger partial charge on any atom is -0.453 e. The van der Waals surface area contributed by atoms with Crippen molar-refractivity contribution in [1.82, 2.24) is 15.3 Å². The van der Waals surface area contributed by atoms with Crippen molar-refractivity contribution in [2.24, 2.45) is 0 Å². The predicted molar refractivity (Wildman–Crippen MR) is 112 cm³/mol. The number of halogens is 1. The van der Waals surface area contributed by atoms with Crippen LogP contribution in [0.4, 0.5) is 17.5 Å². The fourth-order valence-corrected chi connectivity index (χ4v) is 3.77. The van der Waals surface area contributed by atoms with Crippen molar-refractivity contribution in [3.63, 3.8) is 0 Å². The molecule has 3 N–H and O–H groups in total. The van der Waals surface area contributed by atoms with Crippen molar-refractivity contribution in [2.45, 2.75) is 32.7 Å². The van der Waals surface area contributed by atoms with Crippen LogP contribution in [0, 0.1) is 6.92 Å². The Morgan fingerprint density at radius 2 is 2.11 bits per heavy atom. The highest BCUT2D eigenvalue weighted by molar-refractivity contribution is 6.35. The summed E-state index contributed by atoms with van der Waals surface area (Å²) in [6.07, 6.45) is 4.12. The fraction of sp³-hybridized carbons (Fsp3) is 0.400. The Balaban J connectivity index is 1.75. The molecule has 0 saturated heterocycles. The number of nitrogens with zero attached hydrogens (tertiary/aromatic N) is 2. The quantitative estimate of drug-likeness (QED) is 0.711. The summed E-state index contributed by atoms with van der Waals surface area (Å²) in [7, 11) is 1.82. The van der Waals surface area contributed by atoms with Crippen molar-refractivity contribution in [3.05, 3.63) is 34.5 Å². The Labute approximate surface area is 169 Å². The van der Waals surface area contributed by atoms with Crippen molar-refractivity contribution in [1.29, 1.82) is 0 Å². The van der Waals surface area contributed by atoms with E-state index in [1.165, 1.54) is 0 Å². The molecule has 0 saturated carbocycles. The normalized spacial score (nSPS) is 18.4. The number of benzene rings is 1. The van der Waals surface area contributed by atoms with Gasteiger partial charge in [0.2, 0.25) is 12.7 Å². The number of hydrogen-bond donors (Lipinski definition) is 3. The molecular weight excluding hydrogens is 378 g/mol. The standard InChI is InChI=1S/C20H24ClN5O2/c1-11-4-5-13(6-7-23-11)17-18(21)14(9-15-19(17)28-10-27-15)25-20-24-12(2)8-16(22-3)26-20/h6,8-9,11,23H,4-5,7,10H2,1-3H3,(H2,22,24,25,26)/t11-/m0/s1. The first-order chi connectivity index (χ1) is 13.5. The third kappa shape index (κ3) is 3.72. The molecule has 7 nitrogen and oxygen atoms in total. The minimum absolute atomic E-state index is 0.189. The molecule has 1 aromatic heterocycles. The molecule has 1 atom stereocenters. The summed E-state index contributed by atoms with van der Waals surface area (Å²) in [6.45, 7) is 5.10. The number of aromatic nitrogens is 2. The number of nitrogens with one attached hydrogen (secondary N) is 3. The lowest BCUT2D eigenvalue weighted by molar-refractivity contribution is 0.173. The molecule has 3 heterocycles. The van der Waals surface area contributed by atoms with Gasteiger partial charge in [-0.25, -0.2) is 4.98 Å². The van der Waals surface area contributed by atoms with E-state index >= 15 is 0 Å². The first-order valence-corrected chi connectivity index (χ1v) is 9.78. The molecule has 4 rings (SSSR count). The maximum atomic E-state index is 6.85. The number of ether oxygens (including phenoxy) is 2. The molecule has 0 amide bonds. The Morgan fingerprint density at radius 1 is 1.25 bits per heavy atom. The van der Waals surface area contributed by atoms with Crippen LogP contribution in [0.5, 0.6) is 11.5 Å². The average molecular weight is 402 g/mol. The van der Waals surface area contributed by atoms with Crippen LogP contribution in [0.15, 0.2) is 18.2 Å². The zero-order valence-electron chi connectivity index (χ0n) is 16.2. The second-order valence-corrected chi connectivity index (χ2v) is 7.40. The van der Waals surface area contributed by atoms with Gasteiger partial charge in [-0.2, -0.15) is 4.98 Å². The van der Waals surface area contributed by atoms with Crippen LogP contribution in [-0.2, 0) is 0 Å². The molecule has 148 valence electrons. The van der Waals surface area contributed by atoms with Crippen LogP contribution < -0.4 is 25.4 Å². The van der Waals surface area contributed by atoms with E-state index in [4.69, 9.17) is 21.1 Å². The number of rotatable bonds is 4. The number of fused-ring (bicyclic) bond motifs is 1. The SMILES string of the molecule is CNc1cc(C)nc(Nc2cc3c(c(C4=CCN[C@@H](C)CC4)c2Cl)OCO3)n1. The first-order valence-electron chi connectivity index (χ1n) is 9.40. The van der Waals surface area contributed by atoms with Gasteiger partial charge in [-0.1, -0.05) is 17.7 Å². The second-order valence-electron chi connectivity index (χ2n) is 7.02. The second kappa shape index (κ2) is 7.85. The highest BCUT2D eigenvalue weighted by atomic mass is 35.5. The highest BCUT2D eigenvalue weighted by Crippen LogP contribution is 2.48. The number of aryl methyl sites for hydroxylation is 1. The molecule has 2 aliphatic heterocycles. The summed E-state index contributed by atoms with van der Waals surface area (Å²) in [4.78, 5) is 8.92. The molecule has 2 aliphatic rings. The van der Waals surface area contributed by atoms with Crippen LogP contribution in [0.2, 0.25) is 5.02 Å². The predicted octanol–water partition coefficient (Wildman–Crippen LogP) is 4.11. The van der Waals surface area contributed by atoms with Gasteiger partial charge in [-0.05, 0) is 32.3 Å². The van der Waals surface area contributed by atoms with Gasteiger partial charge in [-0.3, -0.25) is 0 Å². The lowest BCUT2D eigenvalue weighted by Crippen LogP contribution is -2.24. The first kappa shape index (κ1) is 18.8. The molecule has 2 aromatic rings. The third-order valence-electron chi connectivity index (χ3n) is 4.94. The van der Waals surface area contributed by atoms with Gasteiger partial charge in [-0.15, -0.1) is 0 Å². The monoisotopic (exact) mass is 401 g/mol. The van der Waals surface area contributed by atoms with Gasteiger partial charge in [0.1, 0.15) is 5.82 Å². The summed E-state index contributed by atoms with van der Waals surface area (Å²) >= 11 is 6.85. The van der Waals surface area contributed by atoms with Crippen LogP contribution in [0.3, 0.4) is 0 Å². The summed E-state index contributed by atoms with van der Waals surface area (Å²) < 4.78 is 11.4. The summed E-state index contributed by atoms with van der Waals surface area (Å²) in [5, 5.41) is 10.3. The van der Waals surface area contributed by atoms with Crippen LogP contribution in [0.1, 0.15) is 31.0 Å². The van der Waals surface area contributed by atoms with Gasteiger partial charge < -0.3 is 25.4 Å². The Bertz CT molecular complexity index is 931. The molecule has 0 aliphatic carbocycles. The molecule has 0 unspecified atom stereocenters. The van der Waals surface area contributed by atoms with Crippen LogP contribution in [-0.4, -0.2) is 36.4 Å². The lowest BCUT2D eigenvalue weighted by atomic mass is 9.97. The minimum atomic E-state index is 0.189. The lowest BCUT2D eigenvalue weighted by Gasteiger charge is -2.16. The van der Waals surface area contributed by atoms with Gasteiger partial charge in [0.05, 0.1) is 10.7 Å². The zero-order valence-corrected chi connectivity index (χ0v) is 17.0. The third-order valence-corrected chi connectivity index (χ3v) is 5.33. The highest BCUT2D eigenvalue weighted by Gasteiger charge is 2.27. The zero-order chi connectivity index (χ0) is 19.7. The van der Waals surface area contributed by atoms with E-state index < -0.39 is 0 Å². The molecule has 0 spiro atoms. The maximum absolute atomic E-state index is 6.85. The van der Waals surface area contributed by atoms with Crippen molar-refractivity contribution >= 4 is 34.6 Å². The van der Waals surface area contributed by atoms with E-state index in [2.05, 4.69) is 38.9 Å². The molecule has 8 heteroatoms. The van der Waals surface area contributed by atoms with E-state index in [0.717, 1.165) is 42.0 Å². The molecule has 0 bridgehead atoms. The van der Waals surface area contributed by atoms with E-state index in [9.17, 15) is 0 Å². The number of hydrogen-bond acceptors (Lipinski definition) is 7. The van der Waals surface area contributed by atoms with E-state index in [1.807, 2.05) is 26.1 Å². The van der Waals surface area contributed by atoms with E-state index in [1.54, 1.807) is 0 Å². The summed E-state index contributed by atoms with van der Waals surface area (Å²) in [5.74, 6) is 2.59. The van der Waals surface area contributed by atoms with Crippen molar-refractivity contribution in [2.75, 3.05) is 31.0 Å². The largest absolute Gasteiger partial charge is 0.453 e. The molecule has 0 fully saturated rings. The topological polar surface area (TPSA) is 80.3 Å². The summed E-state index contributed by atoms with van der Waals surface area (Å²) in [5.41, 5.74) is 3.59. The molecule has 1 aromatic carbocycles. The van der Waals surface area contributed by atoms with Gasteiger partial charge in [0.25, 0.3) is 0 Å². The van der Waals surface area contributed by atoms with E-state index in [-0.39, 0.29) is 6.79 Å². The maximum Gasteiger partial charge on any atom is 0.231 e. The van der Waals surface area contributed by atoms with Gasteiger partial charge in [0, 0.05) is 43.0 Å². The van der Waals surface area contributed by atoms with Crippen LogP contribution >= 0.6 is 11.6 Å². The van der Waals surface area contributed by atoms with E-state index in [0.29, 0.717) is 34.2 Å².